The van der Waals surface area contributed by atoms with Gasteiger partial charge < -0.3 is 10.5 Å². The number of primary amides is 1. The van der Waals surface area contributed by atoms with Crippen LogP contribution in [0.4, 0.5) is 0 Å². The summed E-state index contributed by atoms with van der Waals surface area (Å²) in [6.07, 6.45) is 1.34. The van der Waals surface area contributed by atoms with Gasteiger partial charge in [0.05, 0.1) is 5.92 Å². The Balaban J connectivity index is 2.45. The lowest BCUT2D eigenvalue weighted by Crippen LogP contribution is -2.45. The molecule has 5 nitrogen and oxygen atoms in total. The monoisotopic (exact) mass is 255 g/mol. The van der Waals surface area contributed by atoms with E-state index in [4.69, 9.17) is 10.5 Å². The van der Waals surface area contributed by atoms with Crippen molar-refractivity contribution in [2.75, 3.05) is 6.26 Å². The van der Waals surface area contributed by atoms with E-state index >= 15 is 0 Å². The molecule has 17 heavy (non-hydrogen) atoms. The van der Waals surface area contributed by atoms with Crippen molar-refractivity contribution in [2.45, 2.75) is 11.9 Å². The zero-order valence-electron chi connectivity index (χ0n) is 9.29. The first-order valence-electron chi connectivity index (χ1n) is 5.12. The van der Waals surface area contributed by atoms with Crippen LogP contribution in [0.1, 0.15) is 5.56 Å². The van der Waals surface area contributed by atoms with Gasteiger partial charge in [0, 0.05) is 6.26 Å². The number of ether oxygens (including phenoxy) is 1. The molecule has 2 atom stereocenters. The number of benzene rings is 1. The van der Waals surface area contributed by atoms with Gasteiger partial charge in [0.2, 0.25) is 11.3 Å². The second-order valence-electron chi connectivity index (χ2n) is 4.14. The zero-order valence-corrected chi connectivity index (χ0v) is 10.1. The Morgan fingerprint density at radius 3 is 2.65 bits per heavy atom. The van der Waals surface area contributed by atoms with Crippen LogP contribution in [0.3, 0.4) is 0 Å². The summed E-state index contributed by atoms with van der Waals surface area (Å²) in [6, 6.07) is 7.04. The molecular weight excluding hydrogens is 242 g/mol. The maximum Gasteiger partial charge on any atom is 0.225 e. The molecule has 2 unspecified atom stereocenters. The van der Waals surface area contributed by atoms with Gasteiger partial charge >= 0.3 is 0 Å². The van der Waals surface area contributed by atoms with Crippen molar-refractivity contribution in [2.24, 2.45) is 11.7 Å². The van der Waals surface area contributed by atoms with Crippen LogP contribution in [0.5, 0.6) is 5.75 Å². The number of amides is 1. The van der Waals surface area contributed by atoms with Crippen molar-refractivity contribution in [3.63, 3.8) is 0 Å². The second kappa shape index (κ2) is 4.03. The molecule has 2 N–H and O–H groups in total. The van der Waals surface area contributed by atoms with Gasteiger partial charge in [-0.3, -0.25) is 4.79 Å². The SMILES string of the molecule is CS(=O)(=O)C1Oc2ccccc2CC1C(N)=O. The van der Waals surface area contributed by atoms with Crippen molar-refractivity contribution in [1.82, 2.24) is 0 Å². The summed E-state index contributed by atoms with van der Waals surface area (Å²) in [5.74, 6) is -0.991. The summed E-state index contributed by atoms with van der Waals surface area (Å²) < 4.78 is 28.5. The Kier molecular flexibility index (Phi) is 2.82. The van der Waals surface area contributed by atoms with E-state index in [1.807, 2.05) is 0 Å². The van der Waals surface area contributed by atoms with Crippen LogP contribution < -0.4 is 10.5 Å². The van der Waals surface area contributed by atoms with Gasteiger partial charge in [0.15, 0.2) is 9.84 Å². The van der Waals surface area contributed by atoms with E-state index in [1.54, 1.807) is 24.3 Å². The highest BCUT2D eigenvalue weighted by Gasteiger charge is 2.40. The fraction of sp³-hybridized carbons (Fsp3) is 0.364. The van der Waals surface area contributed by atoms with Crippen molar-refractivity contribution >= 4 is 15.7 Å². The fourth-order valence-electron chi connectivity index (χ4n) is 1.95. The summed E-state index contributed by atoms with van der Waals surface area (Å²) in [5.41, 5.74) is 4.84. The minimum absolute atomic E-state index is 0.295. The molecule has 1 aliphatic rings. The lowest BCUT2D eigenvalue weighted by Gasteiger charge is -2.30. The van der Waals surface area contributed by atoms with Crippen LogP contribution in [-0.2, 0) is 21.1 Å². The summed E-state index contributed by atoms with van der Waals surface area (Å²) in [7, 11) is -3.49. The first-order chi connectivity index (χ1) is 7.89. The topological polar surface area (TPSA) is 86.5 Å². The maximum atomic E-state index is 11.6. The van der Waals surface area contributed by atoms with Crippen molar-refractivity contribution in [3.8, 4) is 5.75 Å². The molecule has 2 rings (SSSR count). The van der Waals surface area contributed by atoms with Gasteiger partial charge in [-0.2, -0.15) is 0 Å². The molecule has 1 amide bonds. The first-order valence-corrected chi connectivity index (χ1v) is 7.08. The molecular formula is C11H13NO4S. The Morgan fingerprint density at radius 1 is 1.41 bits per heavy atom. The molecule has 0 saturated heterocycles. The maximum absolute atomic E-state index is 11.6. The van der Waals surface area contributed by atoms with E-state index < -0.39 is 27.1 Å². The average Bonchev–Trinajstić information content (AvgIpc) is 2.26. The number of nitrogens with two attached hydrogens (primary N) is 1. The van der Waals surface area contributed by atoms with Crippen LogP contribution >= 0.6 is 0 Å². The second-order valence-corrected chi connectivity index (χ2v) is 6.26. The van der Waals surface area contributed by atoms with E-state index in [2.05, 4.69) is 0 Å². The fourth-order valence-corrected chi connectivity index (χ4v) is 3.05. The van der Waals surface area contributed by atoms with E-state index in [-0.39, 0.29) is 0 Å². The quantitative estimate of drug-likeness (QED) is 0.811. The molecule has 1 aromatic rings. The standard InChI is InChI=1S/C11H13NO4S/c1-17(14,15)11-8(10(12)13)6-7-4-2-3-5-9(7)16-11/h2-5,8,11H,6H2,1H3,(H2,12,13). The highest BCUT2D eigenvalue weighted by atomic mass is 32.2. The number of rotatable bonds is 2. The lowest BCUT2D eigenvalue weighted by molar-refractivity contribution is -0.123. The van der Waals surface area contributed by atoms with Crippen LogP contribution in [0, 0.1) is 5.92 Å². The van der Waals surface area contributed by atoms with Crippen LogP contribution in [0.15, 0.2) is 24.3 Å². The largest absolute Gasteiger partial charge is 0.473 e. The smallest absolute Gasteiger partial charge is 0.225 e. The third kappa shape index (κ3) is 2.26. The van der Waals surface area contributed by atoms with E-state index in [0.717, 1.165) is 11.8 Å². The minimum atomic E-state index is -3.49. The molecule has 0 radical (unpaired) electrons. The summed E-state index contributed by atoms with van der Waals surface area (Å²) >= 11 is 0. The molecule has 1 aliphatic heterocycles. The molecule has 0 fully saturated rings. The Hall–Kier alpha value is -1.56. The van der Waals surface area contributed by atoms with E-state index in [1.165, 1.54) is 0 Å². The number of para-hydroxylation sites is 1. The predicted molar refractivity (Wildman–Crippen MR) is 62.1 cm³/mol. The predicted octanol–water partition coefficient (Wildman–Crippen LogP) is 0.0937. The molecule has 0 saturated carbocycles. The molecule has 0 bridgehead atoms. The summed E-state index contributed by atoms with van der Waals surface area (Å²) in [4.78, 5) is 11.3. The Labute approximate surface area is 99.5 Å². The third-order valence-corrected chi connectivity index (χ3v) is 4.04. The number of hydrogen-bond donors (Lipinski definition) is 1. The average molecular weight is 255 g/mol. The number of hydrogen-bond acceptors (Lipinski definition) is 4. The zero-order chi connectivity index (χ0) is 12.6. The highest BCUT2D eigenvalue weighted by molar-refractivity contribution is 7.91. The van der Waals surface area contributed by atoms with Gasteiger partial charge in [-0.05, 0) is 18.1 Å². The number of carbonyl (C=O) groups is 1. The molecule has 0 aromatic heterocycles. The first kappa shape index (κ1) is 11.9. The summed E-state index contributed by atoms with van der Waals surface area (Å²) in [5, 5.41) is 0. The van der Waals surface area contributed by atoms with Crippen LogP contribution in [0.2, 0.25) is 0 Å². The van der Waals surface area contributed by atoms with Gasteiger partial charge in [-0.15, -0.1) is 0 Å². The number of sulfone groups is 1. The van der Waals surface area contributed by atoms with Gasteiger partial charge in [0.25, 0.3) is 0 Å². The van der Waals surface area contributed by atoms with E-state index in [9.17, 15) is 13.2 Å². The van der Waals surface area contributed by atoms with Gasteiger partial charge in [-0.1, -0.05) is 18.2 Å². The van der Waals surface area contributed by atoms with Crippen molar-refractivity contribution in [3.05, 3.63) is 29.8 Å². The van der Waals surface area contributed by atoms with Crippen LogP contribution in [-0.4, -0.2) is 26.0 Å². The van der Waals surface area contributed by atoms with Gasteiger partial charge in [-0.25, -0.2) is 8.42 Å². The van der Waals surface area contributed by atoms with Crippen molar-refractivity contribution in [1.29, 1.82) is 0 Å². The van der Waals surface area contributed by atoms with E-state index in [0.29, 0.717) is 12.2 Å². The third-order valence-electron chi connectivity index (χ3n) is 2.77. The molecule has 1 heterocycles. The molecule has 6 heteroatoms. The highest BCUT2D eigenvalue weighted by Crippen LogP contribution is 2.32. The van der Waals surface area contributed by atoms with Crippen LogP contribution in [0.25, 0.3) is 0 Å². The summed E-state index contributed by atoms with van der Waals surface area (Å²) in [6.45, 7) is 0. The Morgan fingerprint density at radius 2 is 2.06 bits per heavy atom. The number of fused-ring (bicyclic) bond motifs is 1. The molecule has 92 valence electrons. The lowest BCUT2D eigenvalue weighted by atomic mass is 9.96. The molecule has 0 spiro atoms. The van der Waals surface area contributed by atoms with Gasteiger partial charge in [0.1, 0.15) is 5.75 Å². The number of carbonyl (C=O) groups excluding carboxylic acids is 1. The molecule has 0 aliphatic carbocycles. The molecule has 1 aromatic carbocycles. The Bertz CT molecular complexity index is 552. The normalized spacial score (nSPS) is 23.6. The van der Waals surface area contributed by atoms with Crippen molar-refractivity contribution < 1.29 is 17.9 Å². The minimum Gasteiger partial charge on any atom is -0.473 e.